The normalized spacial score (nSPS) is 12.8. The van der Waals surface area contributed by atoms with Crippen molar-refractivity contribution in [2.45, 2.75) is 32.7 Å². The number of hydrogen-bond acceptors (Lipinski definition) is 7. The minimum absolute atomic E-state index is 0.107. The van der Waals surface area contributed by atoms with E-state index in [1.807, 2.05) is 36.6 Å². The number of aromatic nitrogens is 1. The number of ether oxygens (including phenoxy) is 1. The number of thiophene rings is 1. The molecule has 0 bridgehead atoms. The molecule has 31 heavy (non-hydrogen) atoms. The molecule has 0 aliphatic heterocycles. The van der Waals surface area contributed by atoms with Gasteiger partial charge < -0.3 is 14.5 Å². The summed E-state index contributed by atoms with van der Waals surface area (Å²) in [5.41, 5.74) is 3.09. The van der Waals surface area contributed by atoms with Gasteiger partial charge in [0.15, 0.2) is 6.61 Å². The minimum Gasteiger partial charge on any atom is -0.484 e. The highest BCUT2D eigenvalue weighted by atomic mass is 32.1. The fraction of sp³-hybridized carbons (Fsp3) is 0.261. The third kappa shape index (κ3) is 4.13. The van der Waals surface area contributed by atoms with Crippen LogP contribution in [-0.4, -0.2) is 17.5 Å². The van der Waals surface area contributed by atoms with Gasteiger partial charge in [-0.1, -0.05) is 0 Å². The van der Waals surface area contributed by atoms with Crippen LogP contribution >= 0.6 is 22.7 Å². The Hall–Kier alpha value is -2.97. The summed E-state index contributed by atoms with van der Waals surface area (Å²) in [6.07, 6.45) is 2.65. The molecule has 0 fully saturated rings. The molecule has 1 aliphatic carbocycles. The van der Waals surface area contributed by atoms with Crippen LogP contribution < -0.4 is 15.7 Å². The maximum atomic E-state index is 12.2. The summed E-state index contributed by atoms with van der Waals surface area (Å²) in [6, 6.07) is 9.43. The number of carbonyl (C=O) groups excluding carboxylic acids is 1. The second-order valence-electron chi connectivity index (χ2n) is 7.44. The van der Waals surface area contributed by atoms with E-state index < -0.39 is 0 Å². The number of hydrogen-bond donors (Lipinski definition) is 1. The lowest BCUT2D eigenvalue weighted by molar-refractivity contribution is -0.123. The molecule has 1 N–H and O–H groups in total. The van der Waals surface area contributed by atoms with E-state index in [4.69, 9.17) is 9.15 Å². The van der Waals surface area contributed by atoms with E-state index in [0.717, 1.165) is 56.2 Å². The van der Waals surface area contributed by atoms with Crippen LogP contribution in [0.5, 0.6) is 5.75 Å². The summed E-state index contributed by atoms with van der Waals surface area (Å²) in [5, 5.41) is 6.90. The molecule has 1 amide bonds. The monoisotopic (exact) mass is 452 g/mol. The summed E-state index contributed by atoms with van der Waals surface area (Å²) in [7, 11) is 0. The third-order valence-corrected chi connectivity index (χ3v) is 7.19. The predicted molar refractivity (Wildman–Crippen MR) is 122 cm³/mol. The lowest BCUT2D eigenvalue weighted by Gasteiger charge is -2.09. The van der Waals surface area contributed by atoms with Gasteiger partial charge in [-0.3, -0.25) is 4.79 Å². The second kappa shape index (κ2) is 8.28. The number of benzene rings is 1. The van der Waals surface area contributed by atoms with Crippen LogP contribution in [0.3, 0.4) is 0 Å². The SMILES string of the molecule is Cc1nc(-c2ccc(CNC(=O)COc3ccc4c5c(c(=O)oc4c3)CCC5)s2)cs1. The lowest BCUT2D eigenvalue weighted by atomic mass is 10.1. The van der Waals surface area contributed by atoms with Crippen molar-refractivity contribution in [3.05, 3.63) is 67.1 Å². The maximum absolute atomic E-state index is 12.2. The first kappa shape index (κ1) is 20.0. The quantitative estimate of drug-likeness (QED) is 0.437. The Bertz CT molecular complexity index is 1340. The van der Waals surface area contributed by atoms with Gasteiger partial charge in [0, 0.05) is 27.3 Å². The molecule has 158 valence electrons. The Morgan fingerprint density at radius 1 is 1.23 bits per heavy atom. The Balaban J connectivity index is 1.19. The molecule has 8 heteroatoms. The average molecular weight is 453 g/mol. The van der Waals surface area contributed by atoms with Crippen LogP contribution in [0.2, 0.25) is 0 Å². The largest absolute Gasteiger partial charge is 0.484 e. The summed E-state index contributed by atoms with van der Waals surface area (Å²) in [5.74, 6) is 0.288. The number of aryl methyl sites for hydroxylation is 2. The first-order chi connectivity index (χ1) is 15.1. The van der Waals surface area contributed by atoms with Crippen LogP contribution in [-0.2, 0) is 24.2 Å². The van der Waals surface area contributed by atoms with Crippen molar-refractivity contribution in [3.8, 4) is 16.3 Å². The van der Waals surface area contributed by atoms with E-state index in [2.05, 4.69) is 10.3 Å². The van der Waals surface area contributed by atoms with Gasteiger partial charge in [0.05, 0.1) is 22.1 Å². The molecular weight excluding hydrogens is 432 g/mol. The molecule has 5 rings (SSSR count). The number of nitrogens with one attached hydrogen (secondary N) is 1. The van der Waals surface area contributed by atoms with E-state index in [0.29, 0.717) is 17.9 Å². The highest BCUT2D eigenvalue weighted by Gasteiger charge is 2.19. The zero-order valence-corrected chi connectivity index (χ0v) is 18.5. The van der Waals surface area contributed by atoms with Gasteiger partial charge in [-0.25, -0.2) is 9.78 Å². The van der Waals surface area contributed by atoms with Crippen molar-refractivity contribution in [3.63, 3.8) is 0 Å². The minimum atomic E-state index is -0.266. The van der Waals surface area contributed by atoms with E-state index in [1.165, 1.54) is 0 Å². The molecule has 6 nitrogen and oxygen atoms in total. The van der Waals surface area contributed by atoms with Crippen molar-refractivity contribution >= 4 is 39.5 Å². The molecule has 1 aliphatic rings. The second-order valence-corrected chi connectivity index (χ2v) is 9.67. The molecule has 0 saturated heterocycles. The first-order valence-corrected chi connectivity index (χ1v) is 11.8. The molecule has 0 unspecified atom stereocenters. The Morgan fingerprint density at radius 2 is 2.10 bits per heavy atom. The molecule has 4 aromatic rings. The summed E-state index contributed by atoms with van der Waals surface area (Å²) in [6.45, 7) is 2.32. The van der Waals surface area contributed by atoms with Gasteiger partial charge >= 0.3 is 5.63 Å². The number of nitrogens with zero attached hydrogens (tertiary/aromatic N) is 1. The molecular formula is C23H20N2O4S2. The van der Waals surface area contributed by atoms with Gasteiger partial charge in [0.25, 0.3) is 5.91 Å². The Kier molecular flexibility index (Phi) is 5.33. The van der Waals surface area contributed by atoms with E-state index >= 15 is 0 Å². The van der Waals surface area contributed by atoms with Crippen LogP contribution in [0.4, 0.5) is 0 Å². The molecule has 0 spiro atoms. The van der Waals surface area contributed by atoms with Crippen LogP contribution in [0.25, 0.3) is 21.5 Å². The van der Waals surface area contributed by atoms with Crippen molar-refractivity contribution in [1.29, 1.82) is 0 Å². The number of rotatable bonds is 6. The number of carbonyl (C=O) groups is 1. The number of fused-ring (bicyclic) bond motifs is 3. The Morgan fingerprint density at radius 3 is 2.94 bits per heavy atom. The fourth-order valence-corrected chi connectivity index (χ4v) is 5.42. The first-order valence-electron chi connectivity index (χ1n) is 10.1. The van der Waals surface area contributed by atoms with Gasteiger partial charge in [0.2, 0.25) is 0 Å². The standard InChI is InChI=1S/C23H20N2O4S2/c1-13-25-19(12-30-13)21-8-6-15(31-21)10-24-22(26)11-28-14-5-7-17-16-3-2-4-18(16)23(27)29-20(17)9-14/h5-9,12H,2-4,10-11H2,1H3,(H,24,26). The van der Waals surface area contributed by atoms with Crippen molar-refractivity contribution in [2.75, 3.05) is 6.61 Å². The van der Waals surface area contributed by atoms with Crippen LogP contribution in [0.1, 0.15) is 27.4 Å². The molecule has 0 saturated carbocycles. The van der Waals surface area contributed by atoms with Crippen LogP contribution in [0, 0.1) is 6.92 Å². The van der Waals surface area contributed by atoms with E-state index in [-0.39, 0.29) is 18.1 Å². The summed E-state index contributed by atoms with van der Waals surface area (Å²) in [4.78, 5) is 31.0. The van der Waals surface area contributed by atoms with Crippen LogP contribution in [0.15, 0.2) is 44.9 Å². The van der Waals surface area contributed by atoms with Gasteiger partial charge in [0.1, 0.15) is 11.3 Å². The molecule has 0 atom stereocenters. The third-order valence-electron chi connectivity index (χ3n) is 5.31. The fourth-order valence-electron chi connectivity index (χ4n) is 3.83. The lowest BCUT2D eigenvalue weighted by Crippen LogP contribution is -2.28. The molecule has 3 aromatic heterocycles. The Labute approximate surface area is 186 Å². The number of thiazole rings is 1. The molecule has 1 aromatic carbocycles. The van der Waals surface area contributed by atoms with Crippen molar-refractivity contribution in [1.82, 2.24) is 10.3 Å². The maximum Gasteiger partial charge on any atom is 0.339 e. The van der Waals surface area contributed by atoms with Crippen molar-refractivity contribution < 1.29 is 13.9 Å². The van der Waals surface area contributed by atoms with Crippen molar-refractivity contribution in [2.24, 2.45) is 0 Å². The molecule has 0 radical (unpaired) electrons. The zero-order valence-electron chi connectivity index (χ0n) is 16.9. The average Bonchev–Trinajstić information content (AvgIpc) is 3.51. The van der Waals surface area contributed by atoms with Gasteiger partial charge in [-0.05, 0) is 56.0 Å². The molecule has 3 heterocycles. The summed E-state index contributed by atoms with van der Waals surface area (Å²) < 4.78 is 11.1. The van der Waals surface area contributed by atoms with Gasteiger partial charge in [-0.15, -0.1) is 22.7 Å². The van der Waals surface area contributed by atoms with E-state index in [9.17, 15) is 9.59 Å². The highest BCUT2D eigenvalue weighted by Crippen LogP contribution is 2.30. The zero-order chi connectivity index (χ0) is 21.4. The highest BCUT2D eigenvalue weighted by molar-refractivity contribution is 7.16. The predicted octanol–water partition coefficient (Wildman–Crippen LogP) is 4.47. The summed E-state index contributed by atoms with van der Waals surface area (Å²) >= 11 is 3.24. The van der Waals surface area contributed by atoms with Gasteiger partial charge in [-0.2, -0.15) is 0 Å². The smallest absolute Gasteiger partial charge is 0.339 e. The topological polar surface area (TPSA) is 81.4 Å². The van der Waals surface area contributed by atoms with E-state index in [1.54, 1.807) is 28.7 Å². The number of amides is 1.